The number of nitrogens with one attached hydrogen (secondary N) is 3. The van der Waals surface area contributed by atoms with Crippen LogP contribution >= 0.6 is 0 Å². The molecule has 0 saturated heterocycles. The number of carbonyl (C=O) groups is 4. The van der Waals surface area contributed by atoms with Crippen molar-refractivity contribution in [3.8, 4) is 0 Å². The maximum absolute atomic E-state index is 12.6. The number of methoxy groups -OCH3 is 1. The van der Waals surface area contributed by atoms with Crippen LogP contribution in [-0.2, 0) is 14.3 Å². The Hall–Kier alpha value is -3.62. The van der Waals surface area contributed by atoms with E-state index >= 15 is 0 Å². The Bertz CT molecular complexity index is 930. The lowest BCUT2D eigenvalue weighted by atomic mass is 10.1. The van der Waals surface area contributed by atoms with Crippen LogP contribution in [0.2, 0.25) is 0 Å². The van der Waals surface area contributed by atoms with Crippen LogP contribution in [-0.4, -0.2) is 49.0 Å². The highest BCUT2D eigenvalue weighted by Crippen LogP contribution is 2.20. The van der Waals surface area contributed by atoms with Gasteiger partial charge < -0.3 is 25.1 Å². The molecule has 0 radical (unpaired) electrons. The summed E-state index contributed by atoms with van der Waals surface area (Å²) in [5.74, 6) is -1.91. The van der Waals surface area contributed by atoms with Crippen molar-refractivity contribution < 1.29 is 28.7 Å². The summed E-state index contributed by atoms with van der Waals surface area (Å²) in [6, 6.07) is 6.14. The lowest BCUT2D eigenvalue weighted by Crippen LogP contribution is -2.30. The van der Waals surface area contributed by atoms with Gasteiger partial charge in [-0.25, -0.2) is 4.79 Å². The van der Waals surface area contributed by atoms with Crippen LogP contribution in [0.5, 0.6) is 0 Å². The average Bonchev–Trinajstić information content (AvgIpc) is 3.00. The smallest absolute Gasteiger partial charge is 0.340 e. The van der Waals surface area contributed by atoms with Crippen LogP contribution in [0.25, 0.3) is 0 Å². The topological polar surface area (TPSA) is 127 Å². The summed E-state index contributed by atoms with van der Waals surface area (Å²) < 4.78 is 9.48. The van der Waals surface area contributed by atoms with E-state index in [9.17, 15) is 19.2 Å². The van der Waals surface area contributed by atoms with E-state index in [0.29, 0.717) is 28.1 Å². The number of anilines is 1. The second-order valence-corrected chi connectivity index (χ2v) is 6.14. The molecular formula is C20H23N3O6. The van der Waals surface area contributed by atoms with Gasteiger partial charge in [0, 0.05) is 16.9 Å². The third-order valence-corrected chi connectivity index (χ3v) is 4.17. The molecule has 1 aromatic heterocycles. The van der Waals surface area contributed by atoms with Crippen molar-refractivity contribution in [2.24, 2.45) is 0 Å². The average molecular weight is 401 g/mol. The van der Waals surface area contributed by atoms with Crippen molar-refractivity contribution in [1.29, 1.82) is 0 Å². The first kappa shape index (κ1) is 21.7. The number of rotatable bonds is 7. The van der Waals surface area contributed by atoms with Crippen molar-refractivity contribution in [2.45, 2.75) is 20.8 Å². The van der Waals surface area contributed by atoms with Gasteiger partial charge in [0.1, 0.15) is 12.2 Å². The number of aromatic nitrogens is 1. The van der Waals surface area contributed by atoms with E-state index in [2.05, 4.69) is 20.4 Å². The first-order valence-corrected chi connectivity index (χ1v) is 8.91. The maximum atomic E-state index is 12.6. The first-order chi connectivity index (χ1) is 13.8. The van der Waals surface area contributed by atoms with Gasteiger partial charge >= 0.3 is 11.9 Å². The van der Waals surface area contributed by atoms with Gasteiger partial charge in [-0.15, -0.1) is 0 Å². The van der Waals surface area contributed by atoms with Gasteiger partial charge in [0.25, 0.3) is 11.8 Å². The quantitative estimate of drug-likeness (QED) is 0.609. The normalized spacial score (nSPS) is 10.2. The van der Waals surface area contributed by atoms with Crippen molar-refractivity contribution in [3.63, 3.8) is 0 Å². The van der Waals surface area contributed by atoms with Crippen LogP contribution in [0.15, 0.2) is 24.3 Å². The minimum atomic E-state index is -0.555. The van der Waals surface area contributed by atoms with Gasteiger partial charge in [0.2, 0.25) is 0 Å². The summed E-state index contributed by atoms with van der Waals surface area (Å²) in [5.41, 5.74) is 2.42. The summed E-state index contributed by atoms with van der Waals surface area (Å²) in [4.78, 5) is 50.6. The molecule has 154 valence electrons. The van der Waals surface area contributed by atoms with Crippen molar-refractivity contribution in [1.82, 2.24) is 10.3 Å². The van der Waals surface area contributed by atoms with E-state index in [1.54, 1.807) is 32.9 Å². The van der Waals surface area contributed by atoms with Crippen LogP contribution < -0.4 is 10.6 Å². The molecule has 0 atom stereocenters. The molecule has 0 aliphatic carbocycles. The monoisotopic (exact) mass is 401 g/mol. The first-order valence-electron chi connectivity index (χ1n) is 8.91. The zero-order valence-corrected chi connectivity index (χ0v) is 16.7. The molecule has 3 N–H and O–H groups in total. The minimum absolute atomic E-state index is 0.234. The van der Waals surface area contributed by atoms with Gasteiger partial charge in [-0.2, -0.15) is 0 Å². The Labute approximate surface area is 167 Å². The van der Waals surface area contributed by atoms with E-state index in [-0.39, 0.29) is 18.8 Å². The molecule has 2 rings (SSSR count). The van der Waals surface area contributed by atoms with Gasteiger partial charge in [0.05, 0.1) is 19.3 Å². The number of carbonyl (C=O) groups excluding carboxylic acids is 4. The Morgan fingerprint density at radius 3 is 2.28 bits per heavy atom. The third kappa shape index (κ3) is 5.22. The zero-order chi connectivity index (χ0) is 21.6. The molecule has 0 bridgehead atoms. The highest BCUT2D eigenvalue weighted by atomic mass is 16.5. The number of amides is 2. The molecule has 9 heteroatoms. The molecule has 9 nitrogen and oxygen atoms in total. The summed E-state index contributed by atoms with van der Waals surface area (Å²) in [6.45, 7) is 5.07. The SMILES string of the molecule is CCOC(=O)c1c(C)[nH]c(C(=O)Nc2ccc(C(=O)NCC(=O)OC)cc2)c1C. The second-order valence-electron chi connectivity index (χ2n) is 6.14. The number of H-pyrrole nitrogens is 1. The van der Waals surface area contributed by atoms with Crippen LogP contribution in [0.1, 0.15) is 49.4 Å². The van der Waals surface area contributed by atoms with E-state index in [1.165, 1.54) is 19.2 Å². The predicted molar refractivity (Wildman–Crippen MR) is 105 cm³/mol. The van der Waals surface area contributed by atoms with Gasteiger partial charge in [-0.3, -0.25) is 14.4 Å². The molecule has 2 amide bonds. The Morgan fingerprint density at radius 1 is 1.03 bits per heavy atom. The molecule has 0 unspecified atom stereocenters. The number of aromatic amines is 1. The Morgan fingerprint density at radius 2 is 1.69 bits per heavy atom. The highest BCUT2D eigenvalue weighted by molar-refractivity contribution is 6.07. The summed E-state index contributed by atoms with van der Waals surface area (Å²) in [6.07, 6.45) is 0. The molecular weight excluding hydrogens is 378 g/mol. The molecule has 0 aliphatic rings. The number of ether oxygens (including phenoxy) is 2. The molecule has 1 aromatic carbocycles. The number of hydrogen-bond acceptors (Lipinski definition) is 6. The molecule has 0 fully saturated rings. The summed E-state index contributed by atoms with van der Waals surface area (Å²) >= 11 is 0. The third-order valence-electron chi connectivity index (χ3n) is 4.17. The standard InChI is InChI=1S/C20H23N3O6/c1-5-29-20(27)16-11(2)17(22-12(16)3)19(26)23-14-8-6-13(7-9-14)18(25)21-10-15(24)28-4/h6-9,22H,5,10H2,1-4H3,(H,21,25)(H,23,26). The van der Waals surface area contributed by atoms with Gasteiger partial charge in [-0.05, 0) is 50.6 Å². The van der Waals surface area contributed by atoms with Crippen LogP contribution in [0.4, 0.5) is 5.69 Å². The van der Waals surface area contributed by atoms with Crippen LogP contribution in [0.3, 0.4) is 0 Å². The number of esters is 2. The predicted octanol–water partition coefficient (Wildman–Crippen LogP) is 1.96. The lowest BCUT2D eigenvalue weighted by Gasteiger charge is -2.07. The fourth-order valence-corrected chi connectivity index (χ4v) is 2.71. The lowest BCUT2D eigenvalue weighted by molar-refractivity contribution is -0.139. The molecule has 0 spiro atoms. The Kier molecular flexibility index (Phi) is 7.13. The molecule has 0 saturated carbocycles. The Balaban J connectivity index is 2.08. The van der Waals surface area contributed by atoms with Crippen LogP contribution in [0, 0.1) is 13.8 Å². The maximum Gasteiger partial charge on any atom is 0.340 e. The van der Waals surface area contributed by atoms with Crippen molar-refractivity contribution in [3.05, 3.63) is 52.3 Å². The molecule has 1 heterocycles. The second kappa shape index (κ2) is 9.54. The van der Waals surface area contributed by atoms with E-state index in [1.807, 2.05) is 0 Å². The van der Waals surface area contributed by atoms with Crippen molar-refractivity contribution in [2.75, 3.05) is 25.6 Å². The largest absolute Gasteiger partial charge is 0.468 e. The van der Waals surface area contributed by atoms with E-state index in [0.717, 1.165) is 0 Å². The number of hydrogen-bond donors (Lipinski definition) is 3. The minimum Gasteiger partial charge on any atom is -0.468 e. The number of aryl methyl sites for hydroxylation is 1. The van der Waals surface area contributed by atoms with E-state index in [4.69, 9.17) is 4.74 Å². The number of benzene rings is 1. The fraction of sp³-hybridized carbons (Fsp3) is 0.300. The highest BCUT2D eigenvalue weighted by Gasteiger charge is 2.23. The van der Waals surface area contributed by atoms with Gasteiger partial charge in [0.15, 0.2) is 0 Å². The summed E-state index contributed by atoms with van der Waals surface area (Å²) in [7, 11) is 1.23. The van der Waals surface area contributed by atoms with Crippen molar-refractivity contribution >= 4 is 29.4 Å². The molecule has 0 aliphatic heterocycles. The molecule has 2 aromatic rings. The summed E-state index contributed by atoms with van der Waals surface area (Å²) in [5, 5.41) is 5.13. The van der Waals surface area contributed by atoms with Gasteiger partial charge in [-0.1, -0.05) is 0 Å². The zero-order valence-electron chi connectivity index (χ0n) is 16.7. The van der Waals surface area contributed by atoms with E-state index < -0.39 is 23.8 Å². The molecule has 29 heavy (non-hydrogen) atoms. The fourth-order valence-electron chi connectivity index (χ4n) is 2.71.